The molecule has 0 aliphatic heterocycles. The van der Waals surface area contributed by atoms with Crippen molar-refractivity contribution in [1.82, 2.24) is 0 Å². The highest BCUT2D eigenvalue weighted by atomic mass is 32.1. The zero-order valence-electron chi connectivity index (χ0n) is 7.29. The smallest absolute Gasteiger partial charge is 0.00194 e. The summed E-state index contributed by atoms with van der Waals surface area (Å²) in [5.74, 6) is 3.05. The van der Waals surface area contributed by atoms with Crippen LogP contribution in [0, 0.1) is 17.8 Å². The van der Waals surface area contributed by atoms with Crippen LogP contribution in [0.1, 0.15) is 39.0 Å². The number of thiol groups is 1. The van der Waals surface area contributed by atoms with Gasteiger partial charge in [-0.25, -0.2) is 0 Å². The van der Waals surface area contributed by atoms with Crippen LogP contribution in [0.3, 0.4) is 0 Å². The van der Waals surface area contributed by atoms with E-state index in [0.717, 1.165) is 17.8 Å². The van der Waals surface area contributed by atoms with Gasteiger partial charge in [-0.3, -0.25) is 0 Å². The third kappa shape index (κ3) is 1.44. The molecule has 3 rings (SSSR count). The van der Waals surface area contributed by atoms with E-state index in [1.165, 1.54) is 32.1 Å². The topological polar surface area (TPSA) is 0 Å². The second kappa shape index (κ2) is 3.01. The Morgan fingerprint density at radius 1 is 1.18 bits per heavy atom. The van der Waals surface area contributed by atoms with E-state index < -0.39 is 0 Å². The molecule has 0 N–H and O–H groups in total. The Labute approximate surface area is 75.2 Å². The first-order chi connectivity index (χ1) is 5.27. The Morgan fingerprint density at radius 2 is 1.82 bits per heavy atom. The third-order valence-electron chi connectivity index (χ3n) is 3.72. The van der Waals surface area contributed by atoms with E-state index in [1.807, 2.05) is 0 Å². The van der Waals surface area contributed by atoms with Gasteiger partial charge in [-0.1, -0.05) is 19.8 Å². The summed E-state index contributed by atoms with van der Waals surface area (Å²) in [7, 11) is 0. The summed E-state index contributed by atoms with van der Waals surface area (Å²) in [6, 6.07) is 0. The minimum atomic E-state index is 0.642. The summed E-state index contributed by atoms with van der Waals surface area (Å²) in [5.41, 5.74) is 0. The summed E-state index contributed by atoms with van der Waals surface area (Å²) < 4.78 is 0. The van der Waals surface area contributed by atoms with E-state index in [2.05, 4.69) is 19.6 Å². The first-order valence-corrected chi connectivity index (χ1v) is 5.47. The average Bonchev–Trinajstić information content (AvgIpc) is 2.06. The van der Waals surface area contributed by atoms with Crippen LogP contribution >= 0.6 is 12.6 Å². The zero-order chi connectivity index (χ0) is 7.84. The van der Waals surface area contributed by atoms with Gasteiger partial charge in [0.2, 0.25) is 0 Å². The average molecular weight is 170 g/mol. The van der Waals surface area contributed by atoms with Crippen LogP contribution in [0.4, 0.5) is 0 Å². The van der Waals surface area contributed by atoms with Crippen molar-refractivity contribution in [3.63, 3.8) is 0 Å². The minimum absolute atomic E-state index is 0.642. The Hall–Kier alpha value is 0.350. The minimum Gasteiger partial charge on any atom is -0.176 e. The lowest BCUT2D eigenvalue weighted by Crippen LogP contribution is -2.35. The first kappa shape index (κ1) is 7.97. The maximum Gasteiger partial charge on any atom is 0.00194 e. The quantitative estimate of drug-likeness (QED) is 0.574. The summed E-state index contributed by atoms with van der Waals surface area (Å²) >= 11 is 4.57. The van der Waals surface area contributed by atoms with Crippen LogP contribution in [0.2, 0.25) is 0 Å². The van der Waals surface area contributed by atoms with E-state index in [1.54, 1.807) is 0 Å². The molecule has 0 aromatic rings. The second-order valence-electron chi connectivity index (χ2n) is 4.42. The van der Waals surface area contributed by atoms with Gasteiger partial charge in [-0.15, -0.1) is 0 Å². The fourth-order valence-electron chi connectivity index (χ4n) is 3.02. The van der Waals surface area contributed by atoms with Crippen molar-refractivity contribution < 1.29 is 0 Å². The molecule has 0 saturated heterocycles. The molecule has 3 aliphatic rings. The van der Waals surface area contributed by atoms with E-state index in [-0.39, 0.29) is 0 Å². The SMILES string of the molecule is CC(S)C1CC2CCC1CC2. The van der Waals surface area contributed by atoms with Crippen molar-refractivity contribution in [3.8, 4) is 0 Å². The molecule has 0 heterocycles. The third-order valence-corrected chi connectivity index (χ3v) is 4.10. The molecule has 0 nitrogen and oxygen atoms in total. The van der Waals surface area contributed by atoms with Crippen LogP contribution in [-0.4, -0.2) is 5.25 Å². The van der Waals surface area contributed by atoms with Gasteiger partial charge in [0, 0.05) is 5.25 Å². The van der Waals surface area contributed by atoms with Gasteiger partial charge in [0.05, 0.1) is 0 Å². The summed E-state index contributed by atoms with van der Waals surface area (Å²) in [6.07, 6.45) is 7.51. The van der Waals surface area contributed by atoms with E-state index in [0.29, 0.717) is 5.25 Å². The van der Waals surface area contributed by atoms with Crippen molar-refractivity contribution in [2.75, 3.05) is 0 Å². The normalized spacial score (nSPS) is 45.8. The summed E-state index contributed by atoms with van der Waals surface area (Å²) in [5, 5.41) is 0.642. The lowest BCUT2D eigenvalue weighted by molar-refractivity contribution is 0.100. The molecule has 2 unspecified atom stereocenters. The van der Waals surface area contributed by atoms with Crippen molar-refractivity contribution in [1.29, 1.82) is 0 Å². The van der Waals surface area contributed by atoms with Crippen LogP contribution in [0.25, 0.3) is 0 Å². The van der Waals surface area contributed by atoms with Crippen LogP contribution in [-0.2, 0) is 0 Å². The van der Waals surface area contributed by atoms with Gasteiger partial charge in [-0.05, 0) is 37.0 Å². The van der Waals surface area contributed by atoms with E-state index >= 15 is 0 Å². The predicted octanol–water partition coefficient (Wildman–Crippen LogP) is 3.13. The molecular weight excluding hydrogens is 152 g/mol. The predicted molar refractivity (Wildman–Crippen MR) is 52.0 cm³/mol. The van der Waals surface area contributed by atoms with Crippen LogP contribution in [0.15, 0.2) is 0 Å². The highest BCUT2D eigenvalue weighted by Gasteiger charge is 2.36. The molecular formula is C10H18S. The summed E-state index contributed by atoms with van der Waals surface area (Å²) in [6.45, 7) is 2.27. The van der Waals surface area contributed by atoms with Gasteiger partial charge in [-0.2, -0.15) is 12.6 Å². The molecule has 0 spiro atoms. The molecule has 0 amide bonds. The largest absolute Gasteiger partial charge is 0.176 e. The molecule has 64 valence electrons. The fourth-order valence-corrected chi connectivity index (χ4v) is 3.39. The molecule has 0 radical (unpaired) electrons. The van der Waals surface area contributed by atoms with Crippen LogP contribution in [0.5, 0.6) is 0 Å². The Bertz CT molecular complexity index is 134. The molecule has 0 aromatic carbocycles. The van der Waals surface area contributed by atoms with Crippen molar-refractivity contribution in [2.45, 2.75) is 44.3 Å². The maximum absolute atomic E-state index is 4.57. The molecule has 0 aromatic heterocycles. The summed E-state index contributed by atoms with van der Waals surface area (Å²) in [4.78, 5) is 0. The van der Waals surface area contributed by atoms with Gasteiger partial charge < -0.3 is 0 Å². The molecule has 3 saturated carbocycles. The second-order valence-corrected chi connectivity index (χ2v) is 5.24. The highest BCUT2D eigenvalue weighted by Crippen LogP contribution is 2.46. The van der Waals surface area contributed by atoms with Crippen molar-refractivity contribution >= 4 is 12.6 Å². The van der Waals surface area contributed by atoms with Crippen LogP contribution < -0.4 is 0 Å². The van der Waals surface area contributed by atoms with Gasteiger partial charge in [0.15, 0.2) is 0 Å². The number of fused-ring (bicyclic) bond motifs is 3. The molecule has 2 bridgehead atoms. The Kier molecular flexibility index (Phi) is 2.18. The van der Waals surface area contributed by atoms with Crippen molar-refractivity contribution in [3.05, 3.63) is 0 Å². The molecule has 1 heteroatoms. The lowest BCUT2D eigenvalue weighted by atomic mass is 9.64. The maximum atomic E-state index is 4.57. The van der Waals surface area contributed by atoms with Crippen molar-refractivity contribution in [2.24, 2.45) is 17.8 Å². The number of hydrogen-bond acceptors (Lipinski definition) is 1. The van der Waals surface area contributed by atoms with E-state index in [9.17, 15) is 0 Å². The molecule has 11 heavy (non-hydrogen) atoms. The number of rotatable bonds is 1. The van der Waals surface area contributed by atoms with E-state index in [4.69, 9.17) is 0 Å². The fraction of sp³-hybridized carbons (Fsp3) is 1.00. The standard InChI is InChI=1S/C10H18S/c1-7(11)10-6-8-2-4-9(10)5-3-8/h7-11H,2-6H2,1H3. The number of hydrogen-bond donors (Lipinski definition) is 1. The molecule has 3 aliphatic carbocycles. The Morgan fingerprint density at radius 3 is 2.09 bits per heavy atom. The van der Waals surface area contributed by atoms with Gasteiger partial charge >= 0.3 is 0 Å². The van der Waals surface area contributed by atoms with Gasteiger partial charge in [0.25, 0.3) is 0 Å². The monoisotopic (exact) mass is 170 g/mol. The molecule has 3 fully saturated rings. The Balaban J connectivity index is 2.03. The molecule has 2 atom stereocenters. The lowest BCUT2D eigenvalue weighted by Gasteiger charge is -2.44. The zero-order valence-corrected chi connectivity index (χ0v) is 8.19. The first-order valence-electron chi connectivity index (χ1n) is 4.95. The van der Waals surface area contributed by atoms with Gasteiger partial charge in [0.1, 0.15) is 0 Å². The highest BCUT2D eigenvalue weighted by molar-refractivity contribution is 7.80.